The Kier molecular flexibility index (Phi) is 5.82. The van der Waals surface area contributed by atoms with Crippen molar-refractivity contribution in [3.63, 3.8) is 0 Å². The fourth-order valence-electron chi connectivity index (χ4n) is 2.05. The molecule has 0 saturated carbocycles. The number of hydrogen-bond acceptors (Lipinski definition) is 4. The summed E-state index contributed by atoms with van der Waals surface area (Å²) in [5.74, 6) is 0. The molecule has 0 atom stereocenters. The van der Waals surface area contributed by atoms with Gasteiger partial charge in [-0.25, -0.2) is 10.2 Å². The van der Waals surface area contributed by atoms with Crippen LogP contribution in [0.3, 0.4) is 0 Å². The summed E-state index contributed by atoms with van der Waals surface area (Å²) < 4.78 is 5.05. The lowest BCUT2D eigenvalue weighted by Crippen LogP contribution is -2.36. The van der Waals surface area contributed by atoms with Gasteiger partial charge in [-0.05, 0) is 44.0 Å². The molecule has 2 aromatic carbocycles. The van der Waals surface area contributed by atoms with Crippen molar-refractivity contribution in [1.82, 2.24) is 5.43 Å². The molecule has 0 fully saturated rings. The van der Waals surface area contributed by atoms with Crippen LogP contribution < -0.4 is 10.9 Å². The normalized spacial score (nSPS) is 10.8. The van der Waals surface area contributed by atoms with Crippen molar-refractivity contribution in [3.8, 4) is 11.1 Å². The minimum atomic E-state index is -0.612. The Bertz CT molecular complexity index is 740. The van der Waals surface area contributed by atoms with Gasteiger partial charge in [-0.2, -0.15) is 0 Å². The zero-order chi connectivity index (χ0) is 17.7. The predicted octanol–water partition coefficient (Wildman–Crippen LogP) is 4.78. The Balaban J connectivity index is 2.23. The van der Waals surface area contributed by atoms with E-state index in [9.17, 15) is 9.59 Å². The number of halogens is 1. The molecule has 126 valence electrons. The van der Waals surface area contributed by atoms with Gasteiger partial charge in [0.05, 0.1) is 11.3 Å². The molecule has 1 amide bonds. The van der Waals surface area contributed by atoms with Crippen molar-refractivity contribution in [2.75, 3.05) is 5.43 Å². The molecule has 0 bridgehead atoms. The van der Waals surface area contributed by atoms with Crippen LogP contribution >= 0.6 is 22.6 Å². The highest BCUT2D eigenvalue weighted by atomic mass is 127. The second-order valence-electron chi connectivity index (χ2n) is 6.15. The van der Waals surface area contributed by atoms with E-state index in [1.54, 1.807) is 49.4 Å². The Morgan fingerprint density at radius 2 is 1.67 bits per heavy atom. The second kappa shape index (κ2) is 7.65. The fourth-order valence-corrected chi connectivity index (χ4v) is 2.52. The number of ether oxygens (including phenoxy) is 1. The van der Waals surface area contributed by atoms with E-state index in [0.717, 1.165) is 11.1 Å². The average Bonchev–Trinajstić information content (AvgIpc) is 2.51. The largest absolute Gasteiger partial charge is 0.443 e. The summed E-state index contributed by atoms with van der Waals surface area (Å²) in [5, 5.41) is 0. The van der Waals surface area contributed by atoms with Crippen LogP contribution in [0, 0.1) is 0 Å². The molecule has 6 heteroatoms. The number of hydrogen-bond donors (Lipinski definition) is 2. The van der Waals surface area contributed by atoms with Crippen molar-refractivity contribution < 1.29 is 14.3 Å². The molecule has 0 aliphatic carbocycles. The molecule has 5 nitrogen and oxygen atoms in total. The molecule has 0 aliphatic rings. The molecule has 24 heavy (non-hydrogen) atoms. The van der Waals surface area contributed by atoms with Crippen molar-refractivity contribution in [2.24, 2.45) is 0 Å². The smallest absolute Gasteiger partial charge is 0.426 e. The maximum absolute atomic E-state index is 11.8. The van der Waals surface area contributed by atoms with Crippen LogP contribution in [-0.2, 0) is 4.74 Å². The van der Waals surface area contributed by atoms with E-state index in [1.165, 1.54) is 0 Å². The molecule has 0 heterocycles. The van der Waals surface area contributed by atoms with E-state index in [1.807, 2.05) is 42.5 Å². The van der Waals surface area contributed by atoms with Gasteiger partial charge in [-0.15, -0.1) is 0 Å². The van der Waals surface area contributed by atoms with Crippen molar-refractivity contribution in [3.05, 3.63) is 54.1 Å². The number of carbonyl (C=O) groups excluding carboxylic acids is 2. The van der Waals surface area contributed by atoms with Gasteiger partial charge in [0.15, 0.2) is 0 Å². The third kappa shape index (κ3) is 5.23. The second-order valence-corrected chi connectivity index (χ2v) is 7.13. The maximum Gasteiger partial charge on any atom is 0.426 e. The van der Waals surface area contributed by atoms with E-state index in [4.69, 9.17) is 4.74 Å². The van der Waals surface area contributed by atoms with Crippen LogP contribution in [0.1, 0.15) is 31.1 Å². The van der Waals surface area contributed by atoms with Gasteiger partial charge in [-0.3, -0.25) is 10.2 Å². The standard InChI is InChI=1S/C18H19IN2O3/c1-18(2,3)24-17(23)21-20-15-11-13(9-10-14(15)16(19)22)12-7-5-4-6-8-12/h4-11,20H,1-3H3,(H,21,23). The summed E-state index contributed by atoms with van der Waals surface area (Å²) in [7, 11) is 0. The summed E-state index contributed by atoms with van der Waals surface area (Å²) in [5.41, 5.74) is 7.59. The number of carbonyl (C=O) groups is 2. The first-order valence-corrected chi connectivity index (χ1v) is 8.48. The van der Waals surface area contributed by atoms with E-state index < -0.39 is 11.7 Å². The molecule has 2 rings (SSSR count). The monoisotopic (exact) mass is 438 g/mol. The lowest BCUT2D eigenvalue weighted by molar-refractivity contribution is 0.0540. The van der Waals surface area contributed by atoms with E-state index in [-0.39, 0.29) is 3.79 Å². The topological polar surface area (TPSA) is 67.4 Å². The molecular weight excluding hydrogens is 419 g/mol. The number of amides is 1. The molecule has 0 aromatic heterocycles. The zero-order valence-corrected chi connectivity index (χ0v) is 15.9. The molecule has 0 radical (unpaired) electrons. The summed E-state index contributed by atoms with van der Waals surface area (Å²) in [6.45, 7) is 5.34. The van der Waals surface area contributed by atoms with Gasteiger partial charge in [0, 0.05) is 22.6 Å². The summed E-state index contributed by atoms with van der Waals surface area (Å²) in [6, 6.07) is 15.2. The third-order valence-corrected chi connectivity index (χ3v) is 3.62. The zero-order valence-electron chi connectivity index (χ0n) is 13.7. The average molecular weight is 438 g/mol. The van der Waals surface area contributed by atoms with Crippen LogP contribution in [0.5, 0.6) is 0 Å². The van der Waals surface area contributed by atoms with Gasteiger partial charge in [0.2, 0.25) is 3.79 Å². The van der Waals surface area contributed by atoms with Gasteiger partial charge in [-0.1, -0.05) is 36.4 Å². The third-order valence-electron chi connectivity index (χ3n) is 3.04. The molecule has 0 spiro atoms. The molecule has 2 N–H and O–H groups in total. The van der Waals surface area contributed by atoms with Gasteiger partial charge < -0.3 is 4.74 Å². The number of hydrazine groups is 1. The Morgan fingerprint density at radius 1 is 1.00 bits per heavy atom. The van der Waals surface area contributed by atoms with Crippen LogP contribution in [0.4, 0.5) is 10.5 Å². The minimum absolute atomic E-state index is 0.124. The van der Waals surface area contributed by atoms with Gasteiger partial charge in [0.1, 0.15) is 5.60 Å². The fraction of sp³-hybridized carbons (Fsp3) is 0.222. The highest BCUT2D eigenvalue weighted by Gasteiger charge is 2.17. The molecular formula is C18H19IN2O3. The lowest BCUT2D eigenvalue weighted by atomic mass is 10.0. The molecule has 0 aliphatic heterocycles. The van der Waals surface area contributed by atoms with Crippen LogP contribution in [0.2, 0.25) is 0 Å². The summed E-state index contributed by atoms with van der Waals surface area (Å²) in [4.78, 5) is 23.6. The van der Waals surface area contributed by atoms with Crippen LogP contribution in [0.25, 0.3) is 11.1 Å². The highest BCUT2D eigenvalue weighted by Crippen LogP contribution is 2.26. The van der Waals surface area contributed by atoms with E-state index >= 15 is 0 Å². The van der Waals surface area contributed by atoms with Gasteiger partial charge in [0.25, 0.3) is 0 Å². The first-order chi connectivity index (χ1) is 11.3. The molecule has 0 unspecified atom stereocenters. The first kappa shape index (κ1) is 18.3. The predicted molar refractivity (Wildman–Crippen MR) is 103 cm³/mol. The number of anilines is 1. The lowest BCUT2D eigenvalue weighted by Gasteiger charge is -2.20. The molecule has 2 aromatic rings. The van der Waals surface area contributed by atoms with Crippen molar-refractivity contribution in [1.29, 1.82) is 0 Å². The van der Waals surface area contributed by atoms with E-state index in [0.29, 0.717) is 11.3 Å². The Hall–Kier alpha value is -2.09. The summed E-state index contributed by atoms with van der Waals surface area (Å²) in [6.07, 6.45) is -0.612. The van der Waals surface area contributed by atoms with Crippen LogP contribution in [-0.4, -0.2) is 15.5 Å². The number of nitrogens with one attached hydrogen (secondary N) is 2. The Morgan fingerprint density at radius 3 is 2.25 bits per heavy atom. The van der Waals surface area contributed by atoms with Gasteiger partial charge >= 0.3 is 6.09 Å². The highest BCUT2D eigenvalue weighted by molar-refractivity contribution is 14.1. The van der Waals surface area contributed by atoms with Crippen molar-refractivity contribution >= 4 is 38.2 Å². The quantitative estimate of drug-likeness (QED) is 0.410. The molecule has 0 saturated heterocycles. The van der Waals surface area contributed by atoms with E-state index in [2.05, 4.69) is 10.9 Å². The summed E-state index contributed by atoms with van der Waals surface area (Å²) >= 11 is 1.72. The van der Waals surface area contributed by atoms with Crippen LogP contribution in [0.15, 0.2) is 48.5 Å². The van der Waals surface area contributed by atoms with Crippen molar-refractivity contribution in [2.45, 2.75) is 26.4 Å². The maximum atomic E-state index is 11.8. The first-order valence-electron chi connectivity index (χ1n) is 7.40. The Labute approximate surface area is 154 Å². The SMILES string of the molecule is CC(C)(C)OC(=O)NNc1cc(-c2ccccc2)ccc1C(=O)I. The number of benzene rings is 2. The minimum Gasteiger partial charge on any atom is -0.443 e. The number of rotatable bonds is 4.